The second-order valence-electron chi connectivity index (χ2n) is 6.60. The first-order valence-corrected chi connectivity index (χ1v) is 9.58. The third-order valence-electron chi connectivity index (χ3n) is 4.61. The Morgan fingerprint density at radius 1 is 1.15 bits per heavy atom. The van der Waals surface area contributed by atoms with Crippen LogP contribution in [0.1, 0.15) is 28.6 Å². The molecule has 2 aromatic carbocycles. The van der Waals surface area contributed by atoms with Crippen molar-refractivity contribution in [3.8, 4) is 5.75 Å². The number of hydrogen-bond donors (Lipinski definition) is 1. The fourth-order valence-electron chi connectivity index (χ4n) is 3.21. The van der Waals surface area contributed by atoms with Crippen LogP contribution in [-0.2, 0) is 6.42 Å². The molecule has 2 heterocycles. The number of hydrazone groups is 1. The molecule has 4 rings (SSSR count). The van der Waals surface area contributed by atoms with Gasteiger partial charge in [0, 0.05) is 16.8 Å². The Bertz CT molecular complexity index is 996. The van der Waals surface area contributed by atoms with Crippen LogP contribution in [0.5, 0.6) is 5.75 Å². The van der Waals surface area contributed by atoms with Crippen molar-refractivity contribution in [1.29, 1.82) is 0 Å². The molecule has 1 aliphatic rings. The van der Waals surface area contributed by atoms with Crippen LogP contribution in [-0.4, -0.2) is 29.1 Å². The summed E-state index contributed by atoms with van der Waals surface area (Å²) in [5.74, 6) is 0.810. The topological polar surface area (TPSA) is 76.6 Å². The zero-order valence-corrected chi connectivity index (χ0v) is 16.3. The molecule has 0 fully saturated rings. The van der Waals surface area contributed by atoms with Gasteiger partial charge in [-0.05, 0) is 50.1 Å². The predicted octanol–water partition coefficient (Wildman–Crippen LogP) is 3.64. The molecule has 2 N–H and O–H groups in total. The van der Waals surface area contributed by atoms with Gasteiger partial charge in [0.05, 0.1) is 18.9 Å². The Morgan fingerprint density at radius 2 is 1.93 bits per heavy atom. The first kappa shape index (κ1) is 17.5. The molecule has 0 aliphatic carbocycles. The predicted molar refractivity (Wildman–Crippen MR) is 110 cm³/mol. The number of ether oxygens (including phenoxy) is 1. The van der Waals surface area contributed by atoms with Gasteiger partial charge in [0.25, 0.3) is 0 Å². The van der Waals surface area contributed by atoms with E-state index < -0.39 is 0 Å². The maximum atomic E-state index is 5.88. The maximum Gasteiger partial charge on any atom is 0.228 e. The summed E-state index contributed by atoms with van der Waals surface area (Å²) < 4.78 is 5.46. The zero-order chi connectivity index (χ0) is 19.0. The van der Waals surface area contributed by atoms with Crippen molar-refractivity contribution < 1.29 is 4.74 Å². The number of nitrogens with two attached hydrogens (primary N) is 1. The number of benzene rings is 2. The molecule has 27 heavy (non-hydrogen) atoms. The molecule has 0 spiro atoms. The van der Waals surface area contributed by atoms with E-state index in [1.54, 1.807) is 18.4 Å². The van der Waals surface area contributed by atoms with E-state index in [0.717, 1.165) is 44.8 Å². The smallest absolute Gasteiger partial charge is 0.228 e. The van der Waals surface area contributed by atoms with Crippen LogP contribution < -0.4 is 15.5 Å². The number of nitrogen functional groups attached to an aromatic ring is 1. The number of anilines is 2. The molecule has 1 atom stereocenters. The lowest BCUT2D eigenvalue weighted by atomic mass is 9.94. The van der Waals surface area contributed by atoms with Gasteiger partial charge in [0.2, 0.25) is 5.13 Å². The third kappa shape index (κ3) is 3.38. The third-order valence-corrected chi connectivity index (χ3v) is 5.44. The lowest BCUT2D eigenvalue weighted by Gasteiger charge is -2.21. The molecule has 6 nitrogen and oxygen atoms in total. The lowest BCUT2D eigenvalue weighted by molar-refractivity contribution is 0.414. The highest BCUT2D eigenvalue weighted by atomic mass is 32.1. The summed E-state index contributed by atoms with van der Waals surface area (Å²) in [4.78, 5) is 0. The monoisotopic (exact) mass is 379 g/mol. The van der Waals surface area contributed by atoms with Gasteiger partial charge in [0.1, 0.15) is 10.8 Å². The molecule has 0 bridgehead atoms. The van der Waals surface area contributed by atoms with E-state index in [-0.39, 0.29) is 6.04 Å². The highest BCUT2D eigenvalue weighted by Crippen LogP contribution is 2.31. The highest BCUT2D eigenvalue weighted by molar-refractivity contribution is 7.15. The minimum Gasteiger partial charge on any atom is -0.497 e. The van der Waals surface area contributed by atoms with E-state index in [1.807, 2.05) is 48.3 Å². The van der Waals surface area contributed by atoms with E-state index >= 15 is 0 Å². The summed E-state index contributed by atoms with van der Waals surface area (Å²) in [6.45, 7) is 4.11. The van der Waals surface area contributed by atoms with Crippen molar-refractivity contribution in [2.24, 2.45) is 5.10 Å². The number of rotatable bonds is 3. The van der Waals surface area contributed by atoms with E-state index in [2.05, 4.69) is 23.2 Å². The van der Waals surface area contributed by atoms with Crippen LogP contribution in [0.3, 0.4) is 0 Å². The molecule has 0 saturated carbocycles. The normalized spacial score (nSPS) is 16.5. The zero-order valence-electron chi connectivity index (χ0n) is 15.5. The van der Waals surface area contributed by atoms with Gasteiger partial charge < -0.3 is 10.5 Å². The Hall–Kier alpha value is -2.93. The quantitative estimate of drug-likeness (QED) is 0.703. The van der Waals surface area contributed by atoms with Gasteiger partial charge in [0.15, 0.2) is 0 Å². The Kier molecular flexibility index (Phi) is 4.53. The molecule has 7 heteroatoms. The van der Waals surface area contributed by atoms with Crippen LogP contribution >= 0.6 is 11.3 Å². The number of aryl methyl sites for hydroxylation is 1. The van der Waals surface area contributed by atoms with Gasteiger partial charge in [-0.1, -0.05) is 29.5 Å². The van der Waals surface area contributed by atoms with Crippen molar-refractivity contribution in [2.45, 2.75) is 26.3 Å². The summed E-state index contributed by atoms with van der Waals surface area (Å²) in [6, 6.07) is 14.1. The Morgan fingerprint density at radius 3 is 2.59 bits per heavy atom. The van der Waals surface area contributed by atoms with Gasteiger partial charge in [-0.15, -0.1) is 10.2 Å². The molecule has 1 aliphatic heterocycles. The molecule has 138 valence electrons. The summed E-state index contributed by atoms with van der Waals surface area (Å²) in [5, 5.41) is 17.2. The first-order valence-electron chi connectivity index (χ1n) is 8.76. The molecule has 0 radical (unpaired) electrons. The van der Waals surface area contributed by atoms with E-state index in [4.69, 9.17) is 15.6 Å². The van der Waals surface area contributed by atoms with Gasteiger partial charge >= 0.3 is 0 Å². The largest absolute Gasteiger partial charge is 0.497 e. The number of nitrogens with zero attached hydrogens (tertiary/aromatic N) is 4. The highest BCUT2D eigenvalue weighted by Gasteiger charge is 2.26. The van der Waals surface area contributed by atoms with Crippen LogP contribution in [0.2, 0.25) is 0 Å². The van der Waals surface area contributed by atoms with Crippen molar-refractivity contribution in [3.63, 3.8) is 0 Å². The Labute approximate surface area is 162 Å². The van der Waals surface area contributed by atoms with Crippen molar-refractivity contribution in [2.75, 3.05) is 17.9 Å². The molecule has 0 saturated heterocycles. The first-order chi connectivity index (χ1) is 13.0. The summed E-state index contributed by atoms with van der Waals surface area (Å²) in [5.41, 5.74) is 10.8. The summed E-state index contributed by atoms with van der Waals surface area (Å²) >= 11 is 1.55. The average molecular weight is 379 g/mol. The lowest BCUT2D eigenvalue weighted by Crippen LogP contribution is -2.29. The number of fused-ring (bicyclic) bond motifs is 1. The van der Waals surface area contributed by atoms with E-state index in [1.165, 1.54) is 5.56 Å². The van der Waals surface area contributed by atoms with E-state index in [0.29, 0.717) is 0 Å². The van der Waals surface area contributed by atoms with Gasteiger partial charge in [-0.2, -0.15) is 5.10 Å². The molecule has 1 aromatic heterocycles. The van der Waals surface area contributed by atoms with Crippen molar-refractivity contribution in [1.82, 2.24) is 10.2 Å². The second-order valence-corrected chi connectivity index (χ2v) is 7.76. The minimum absolute atomic E-state index is 0.149. The second kappa shape index (κ2) is 7.00. The van der Waals surface area contributed by atoms with Crippen LogP contribution in [0, 0.1) is 6.92 Å². The van der Waals surface area contributed by atoms with Crippen LogP contribution in [0.15, 0.2) is 47.6 Å². The molecular formula is C20H21N5OS. The van der Waals surface area contributed by atoms with E-state index in [9.17, 15) is 0 Å². The average Bonchev–Trinajstić information content (AvgIpc) is 3.03. The summed E-state index contributed by atoms with van der Waals surface area (Å²) in [7, 11) is 1.68. The van der Waals surface area contributed by atoms with Crippen molar-refractivity contribution >= 4 is 27.9 Å². The fourth-order valence-corrected chi connectivity index (χ4v) is 3.95. The maximum absolute atomic E-state index is 5.88. The minimum atomic E-state index is 0.149. The number of methoxy groups -OCH3 is 1. The van der Waals surface area contributed by atoms with Gasteiger partial charge in [-0.25, -0.2) is 5.01 Å². The number of aromatic nitrogens is 2. The molecule has 3 aromatic rings. The number of hydrogen-bond acceptors (Lipinski definition) is 7. The molecule has 0 amide bonds. The molecular weight excluding hydrogens is 358 g/mol. The van der Waals surface area contributed by atoms with Crippen molar-refractivity contribution in [3.05, 3.63) is 64.2 Å². The SMILES string of the molecule is COc1ccc2c(c1)C(c1ccc(N)cc1)=NN(c1nnc(C)s1)C(C)C2. The fraction of sp³-hybridized carbons (Fsp3) is 0.250. The van der Waals surface area contributed by atoms with Gasteiger partial charge in [-0.3, -0.25) is 0 Å². The summed E-state index contributed by atoms with van der Waals surface area (Å²) in [6.07, 6.45) is 0.847. The standard InChI is InChI=1S/C20H21N5OS/c1-12-10-15-6-9-17(26-3)11-18(15)19(14-4-7-16(21)8-5-14)24-25(12)20-23-22-13(2)27-20/h4-9,11-12H,10,21H2,1-3H3. The van der Waals surface area contributed by atoms with Crippen LogP contribution in [0.4, 0.5) is 10.8 Å². The van der Waals surface area contributed by atoms with Crippen LogP contribution in [0.25, 0.3) is 0 Å². The molecule has 1 unspecified atom stereocenters. The Balaban J connectivity index is 1.91.